The highest BCUT2D eigenvalue weighted by molar-refractivity contribution is 4.98. The minimum atomic E-state index is -0.128. The predicted octanol–water partition coefficient (Wildman–Crippen LogP) is 3.41. The van der Waals surface area contributed by atoms with Crippen LogP contribution in [0, 0.1) is 5.92 Å². The molecule has 0 aliphatic rings. The Hall–Kier alpha value is -0.900. The Morgan fingerprint density at radius 3 is 2.24 bits per heavy atom. The van der Waals surface area contributed by atoms with Crippen LogP contribution >= 0.6 is 0 Å². The highest BCUT2D eigenvalue weighted by atomic mass is 16.5. The van der Waals surface area contributed by atoms with Gasteiger partial charge in [-0.15, -0.1) is 0 Å². The molecule has 0 bridgehead atoms. The van der Waals surface area contributed by atoms with Crippen LogP contribution in [0.3, 0.4) is 0 Å². The molecule has 98 valence electrons. The van der Waals surface area contributed by atoms with Crippen LogP contribution in [0.4, 0.5) is 0 Å². The Morgan fingerprint density at radius 2 is 1.76 bits per heavy atom. The van der Waals surface area contributed by atoms with Crippen LogP contribution in [-0.4, -0.2) is 10.1 Å². The van der Waals surface area contributed by atoms with Gasteiger partial charge in [0.25, 0.3) is 0 Å². The van der Waals surface area contributed by atoms with Crippen molar-refractivity contribution in [2.24, 2.45) is 11.7 Å². The lowest BCUT2D eigenvalue weighted by Gasteiger charge is -2.11. The maximum absolute atomic E-state index is 6.01. The zero-order valence-electron chi connectivity index (χ0n) is 11.4. The maximum Gasteiger partial charge on any atom is 0.229 e. The first kappa shape index (κ1) is 14.2. The van der Waals surface area contributed by atoms with E-state index in [1.54, 1.807) is 0 Å². The summed E-state index contributed by atoms with van der Waals surface area (Å²) < 4.78 is 5.36. The van der Waals surface area contributed by atoms with E-state index in [2.05, 4.69) is 37.8 Å². The molecule has 4 nitrogen and oxygen atoms in total. The summed E-state index contributed by atoms with van der Waals surface area (Å²) in [7, 11) is 0. The molecule has 0 saturated carbocycles. The average Bonchev–Trinajstić information content (AvgIpc) is 2.76. The van der Waals surface area contributed by atoms with Crippen molar-refractivity contribution >= 4 is 0 Å². The Morgan fingerprint density at radius 1 is 1.18 bits per heavy atom. The first-order chi connectivity index (χ1) is 8.10. The van der Waals surface area contributed by atoms with Crippen LogP contribution in [0.2, 0.25) is 0 Å². The lowest BCUT2D eigenvalue weighted by atomic mass is 9.98. The summed E-state index contributed by atoms with van der Waals surface area (Å²) >= 11 is 0. The second-order valence-corrected chi connectivity index (χ2v) is 5.03. The smallest absolute Gasteiger partial charge is 0.229 e. The highest BCUT2D eigenvalue weighted by Gasteiger charge is 2.21. The molecule has 0 aliphatic carbocycles. The van der Waals surface area contributed by atoms with E-state index < -0.39 is 0 Å². The molecular weight excluding hydrogens is 214 g/mol. The van der Waals surface area contributed by atoms with E-state index in [1.165, 1.54) is 0 Å². The quantitative estimate of drug-likeness (QED) is 0.792. The molecule has 1 rings (SSSR count). The monoisotopic (exact) mass is 239 g/mol. The number of hydrogen-bond acceptors (Lipinski definition) is 4. The van der Waals surface area contributed by atoms with Crippen molar-refractivity contribution in [3.63, 3.8) is 0 Å². The van der Waals surface area contributed by atoms with E-state index in [1.807, 2.05) is 0 Å². The van der Waals surface area contributed by atoms with Gasteiger partial charge in [-0.1, -0.05) is 45.7 Å². The summed E-state index contributed by atoms with van der Waals surface area (Å²) in [4.78, 5) is 4.47. The van der Waals surface area contributed by atoms with Gasteiger partial charge in [0.05, 0.1) is 6.04 Å². The van der Waals surface area contributed by atoms with Crippen LogP contribution in [0.15, 0.2) is 4.52 Å². The average molecular weight is 239 g/mol. The summed E-state index contributed by atoms with van der Waals surface area (Å²) in [6.45, 7) is 8.49. The van der Waals surface area contributed by atoms with Crippen LogP contribution < -0.4 is 5.73 Å². The molecule has 0 fully saturated rings. The second-order valence-electron chi connectivity index (χ2n) is 5.03. The van der Waals surface area contributed by atoms with Crippen molar-refractivity contribution in [1.82, 2.24) is 10.1 Å². The van der Waals surface area contributed by atoms with Gasteiger partial charge in [0.1, 0.15) is 0 Å². The first-order valence-corrected chi connectivity index (χ1v) is 6.69. The predicted molar refractivity (Wildman–Crippen MR) is 68.6 cm³/mol. The third-order valence-corrected chi connectivity index (χ3v) is 3.10. The van der Waals surface area contributed by atoms with Crippen LogP contribution in [0.5, 0.6) is 0 Å². The van der Waals surface area contributed by atoms with Crippen LogP contribution in [-0.2, 0) is 0 Å². The minimum Gasteiger partial charge on any atom is -0.339 e. The van der Waals surface area contributed by atoms with Crippen molar-refractivity contribution < 1.29 is 4.52 Å². The Balaban J connectivity index is 2.76. The largest absolute Gasteiger partial charge is 0.339 e. The molecule has 17 heavy (non-hydrogen) atoms. The number of nitrogens with zero attached hydrogens (tertiary/aromatic N) is 2. The molecule has 1 aromatic rings. The van der Waals surface area contributed by atoms with Gasteiger partial charge in [-0.3, -0.25) is 0 Å². The zero-order chi connectivity index (χ0) is 12.8. The van der Waals surface area contributed by atoms with Gasteiger partial charge in [-0.25, -0.2) is 0 Å². The van der Waals surface area contributed by atoms with E-state index in [9.17, 15) is 0 Å². The van der Waals surface area contributed by atoms with Crippen molar-refractivity contribution in [3.8, 4) is 0 Å². The maximum atomic E-state index is 6.01. The zero-order valence-corrected chi connectivity index (χ0v) is 11.4. The Labute approximate surface area is 104 Å². The molecule has 1 heterocycles. The summed E-state index contributed by atoms with van der Waals surface area (Å²) in [5, 5.41) is 4.01. The number of aromatic nitrogens is 2. The van der Waals surface area contributed by atoms with Gasteiger partial charge < -0.3 is 10.3 Å². The van der Waals surface area contributed by atoms with Gasteiger partial charge in [0, 0.05) is 5.92 Å². The van der Waals surface area contributed by atoms with Gasteiger partial charge in [-0.05, 0) is 18.8 Å². The molecule has 1 unspecified atom stereocenters. The van der Waals surface area contributed by atoms with E-state index >= 15 is 0 Å². The lowest BCUT2D eigenvalue weighted by Crippen LogP contribution is -2.18. The van der Waals surface area contributed by atoms with Gasteiger partial charge in [0.15, 0.2) is 5.82 Å². The SMILES string of the molecule is CCCC(CCC)c1nc(C(N)C(C)C)no1. The molecule has 1 atom stereocenters. The topological polar surface area (TPSA) is 64.9 Å². The number of nitrogens with two attached hydrogens (primary N) is 1. The van der Waals surface area contributed by atoms with Gasteiger partial charge in [-0.2, -0.15) is 4.98 Å². The number of rotatable bonds is 7. The first-order valence-electron chi connectivity index (χ1n) is 6.69. The van der Waals surface area contributed by atoms with Crippen molar-refractivity contribution in [1.29, 1.82) is 0 Å². The molecule has 0 saturated heterocycles. The minimum absolute atomic E-state index is 0.128. The Kier molecular flexibility index (Phi) is 5.62. The molecule has 0 aliphatic heterocycles. The summed E-state index contributed by atoms with van der Waals surface area (Å²) in [5.74, 6) is 2.13. The summed E-state index contributed by atoms with van der Waals surface area (Å²) in [6, 6.07) is -0.128. The Bertz CT molecular complexity index is 316. The van der Waals surface area contributed by atoms with Crippen LogP contribution in [0.25, 0.3) is 0 Å². The molecule has 0 aromatic carbocycles. The van der Waals surface area contributed by atoms with E-state index in [0.717, 1.165) is 31.6 Å². The molecule has 1 aromatic heterocycles. The van der Waals surface area contributed by atoms with Gasteiger partial charge >= 0.3 is 0 Å². The fourth-order valence-electron chi connectivity index (χ4n) is 1.93. The molecule has 2 N–H and O–H groups in total. The molecule has 0 spiro atoms. The van der Waals surface area contributed by atoms with Crippen molar-refractivity contribution in [2.75, 3.05) is 0 Å². The highest BCUT2D eigenvalue weighted by Crippen LogP contribution is 2.26. The van der Waals surface area contributed by atoms with Crippen molar-refractivity contribution in [3.05, 3.63) is 11.7 Å². The number of hydrogen-bond donors (Lipinski definition) is 1. The fraction of sp³-hybridized carbons (Fsp3) is 0.846. The third kappa shape index (κ3) is 3.80. The van der Waals surface area contributed by atoms with Crippen LogP contribution in [0.1, 0.15) is 77.1 Å². The lowest BCUT2D eigenvalue weighted by molar-refractivity contribution is 0.329. The molecule has 0 amide bonds. The normalized spacial score (nSPS) is 13.6. The second kappa shape index (κ2) is 6.74. The van der Waals surface area contributed by atoms with Gasteiger partial charge in [0.2, 0.25) is 5.89 Å². The molecular formula is C13H25N3O. The van der Waals surface area contributed by atoms with E-state index in [0.29, 0.717) is 17.7 Å². The summed E-state index contributed by atoms with van der Waals surface area (Å²) in [6.07, 6.45) is 4.48. The van der Waals surface area contributed by atoms with E-state index in [4.69, 9.17) is 10.3 Å². The molecule has 4 heteroatoms. The van der Waals surface area contributed by atoms with E-state index in [-0.39, 0.29) is 6.04 Å². The fourth-order valence-corrected chi connectivity index (χ4v) is 1.93. The third-order valence-electron chi connectivity index (χ3n) is 3.10. The standard InChI is InChI=1S/C13H25N3O/c1-5-7-10(8-6-2)13-15-12(16-17-13)11(14)9(3)4/h9-11H,5-8,14H2,1-4H3. The molecule has 0 radical (unpaired) electrons. The summed E-state index contributed by atoms with van der Waals surface area (Å²) in [5.41, 5.74) is 6.01. The van der Waals surface area contributed by atoms with Crippen molar-refractivity contribution in [2.45, 2.75) is 65.3 Å².